The standard InChI is InChI=1S/C11H8I3NO6/c12-6-4(10(18)19)7(13)9(15-3(17)1-2-16)8(14)5(6)11(20)21/h16H,1-2H2,(H,15,17)(H,18,19)(H,20,21). The van der Waals surface area contributed by atoms with Crippen LogP contribution in [0, 0.1) is 10.7 Å². The Morgan fingerprint density at radius 2 is 1.33 bits per heavy atom. The lowest BCUT2D eigenvalue weighted by Crippen LogP contribution is -2.20. The molecule has 0 bridgehead atoms. The van der Waals surface area contributed by atoms with Crippen LogP contribution in [0.5, 0.6) is 0 Å². The predicted octanol–water partition coefficient (Wildman–Crippen LogP) is 2.22. The fraction of sp³-hybridized carbons (Fsp3) is 0.182. The van der Waals surface area contributed by atoms with E-state index in [0.717, 1.165) is 0 Å². The lowest BCUT2D eigenvalue weighted by molar-refractivity contribution is -0.116. The summed E-state index contributed by atoms with van der Waals surface area (Å²) in [6, 6.07) is 0. The quantitative estimate of drug-likeness (QED) is 0.370. The van der Waals surface area contributed by atoms with Crippen LogP contribution in [0.25, 0.3) is 0 Å². The Bertz CT molecular complexity index is 590. The summed E-state index contributed by atoms with van der Waals surface area (Å²) in [6.45, 7) is -0.360. The van der Waals surface area contributed by atoms with Crippen molar-refractivity contribution < 1.29 is 29.7 Å². The highest BCUT2D eigenvalue weighted by Crippen LogP contribution is 2.35. The second kappa shape index (κ2) is 7.87. The molecule has 1 rings (SSSR count). The molecule has 0 spiro atoms. The van der Waals surface area contributed by atoms with Gasteiger partial charge in [-0.1, -0.05) is 0 Å². The van der Waals surface area contributed by atoms with Crippen LogP contribution in [-0.4, -0.2) is 39.8 Å². The number of hydrogen-bond acceptors (Lipinski definition) is 4. The van der Waals surface area contributed by atoms with Crippen molar-refractivity contribution in [2.45, 2.75) is 6.42 Å². The second-order valence-electron chi connectivity index (χ2n) is 3.70. The molecule has 0 aromatic heterocycles. The number of carbonyl (C=O) groups excluding carboxylic acids is 1. The van der Waals surface area contributed by atoms with E-state index < -0.39 is 17.8 Å². The summed E-state index contributed by atoms with van der Waals surface area (Å²) in [6.07, 6.45) is -0.164. The van der Waals surface area contributed by atoms with Crippen molar-refractivity contribution in [3.8, 4) is 0 Å². The number of nitrogens with one attached hydrogen (secondary N) is 1. The maximum atomic E-state index is 11.6. The van der Waals surface area contributed by atoms with Crippen LogP contribution in [0.3, 0.4) is 0 Å². The number of aliphatic hydroxyl groups is 1. The molecule has 0 saturated heterocycles. The number of benzene rings is 1. The summed E-state index contributed by atoms with van der Waals surface area (Å²) in [5.74, 6) is -3.08. The van der Waals surface area contributed by atoms with Crippen molar-refractivity contribution in [2.24, 2.45) is 0 Å². The number of carboxylic acid groups (broad SMARTS) is 2. The third kappa shape index (κ3) is 4.16. The fourth-order valence-corrected chi connectivity index (χ4v) is 5.81. The van der Waals surface area contributed by atoms with Gasteiger partial charge in [-0.05, 0) is 67.8 Å². The molecular weight excluding hydrogens is 623 g/mol. The highest BCUT2D eigenvalue weighted by atomic mass is 127. The predicted molar refractivity (Wildman–Crippen MR) is 98.8 cm³/mol. The normalized spacial score (nSPS) is 10.3. The molecule has 7 nitrogen and oxygen atoms in total. The van der Waals surface area contributed by atoms with Gasteiger partial charge in [-0.25, -0.2) is 9.59 Å². The van der Waals surface area contributed by atoms with E-state index in [9.17, 15) is 24.6 Å². The summed E-state index contributed by atoms with van der Waals surface area (Å²) in [5.41, 5.74) is -0.216. The first kappa shape index (κ1) is 18.8. The monoisotopic (exact) mass is 631 g/mol. The van der Waals surface area contributed by atoms with E-state index >= 15 is 0 Å². The Morgan fingerprint density at radius 1 is 0.905 bits per heavy atom. The van der Waals surface area contributed by atoms with Crippen molar-refractivity contribution in [3.63, 3.8) is 0 Å². The molecule has 0 atom stereocenters. The zero-order valence-corrected chi connectivity index (χ0v) is 16.6. The van der Waals surface area contributed by atoms with Crippen LogP contribution in [0.15, 0.2) is 0 Å². The van der Waals surface area contributed by atoms with Crippen molar-refractivity contribution in [2.75, 3.05) is 11.9 Å². The number of rotatable bonds is 5. The van der Waals surface area contributed by atoms with Crippen molar-refractivity contribution >= 4 is 91.3 Å². The molecule has 0 aliphatic rings. The molecule has 4 N–H and O–H groups in total. The van der Waals surface area contributed by atoms with Gasteiger partial charge in [0.05, 0.1) is 37.0 Å². The van der Waals surface area contributed by atoms with E-state index in [2.05, 4.69) is 5.32 Å². The third-order valence-corrected chi connectivity index (χ3v) is 5.58. The molecule has 0 radical (unpaired) electrons. The van der Waals surface area contributed by atoms with Crippen LogP contribution in [0.2, 0.25) is 0 Å². The summed E-state index contributed by atoms with van der Waals surface area (Å²) >= 11 is 5.16. The Labute approximate surface area is 159 Å². The van der Waals surface area contributed by atoms with E-state index in [1.165, 1.54) is 0 Å². The summed E-state index contributed by atoms with van der Waals surface area (Å²) in [5, 5.41) is 29.7. The molecule has 0 aliphatic carbocycles. The van der Waals surface area contributed by atoms with Gasteiger partial charge in [-0.2, -0.15) is 0 Å². The van der Waals surface area contributed by atoms with E-state index in [1.807, 2.05) is 0 Å². The van der Waals surface area contributed by atoms with Gasteiger partial charge in [0.15, 0.2) is 0 Å². The van der Waals surface area contributed by atoms with Gasteiger partial charge in [0, 0.05) is 3.57 Å². The van der Waals surface area contributed by atoms with Gasteiger partial charge in [0.2, 0.25) is 5.91 Å². The molecule has 21 heavy (non-hydrogen) atoms. The summed E-state index contributed by atoms with van der Waals surface area (Å²) < 4.78 is 0.580. The number of hydrogen-bond donors (Lipinski definition) is 4. The van der Waals surface area contributed by atoms with Crippen molar-refractivity contribution in [3.05, 3.63) is 21.8 Å². The lowest BCUT2D eigenvalue weighted by Gasteiger charge is -2.16. The highest BCUT2D eigenvalue weighted by molar-refractivity contribution is 14.1. The van der Waals surface area contributed by atoms with Gasteiger partial charge in [0.1, 0.15) is 0 Å². The Morgan fingerprint density at radius 3 is 1.67 bits per heavy atom. The highest BCUT2D eigenvalue weighted by Gasteiger charge is 2.28. The number of halogens is 3. The lowest BCUT2D eigenvalue weighted by atomic mass is 10.1. The molecule has 114 valence electrons. The minimum Gasteiger partial charge on any atom is -0.478 e. The number of carbonyl (C=O) groups is 3. The Kier molecular flexibility index (Phi) is 7.05. The molecule has 10 heteroatoms. The molecule has 0 aliphatic heterocycles. The first-order chi connectivity index (χ1) is 9.72. The third-order valence-electron chi connectivity index (χ3n) is 2.35. The summed E-state index contributed by atoms with van der Waals surface area (Å²) in [4.78, 5) is 34.3. The number of amides is 1. The molecular formula is C11H8I3NO6. The maximum absolute atomic E-state index is 11.6. The van der Waals surface area contributed by atoms with E-state index in [0.29, 0.717) is 0 Å². The molecule has 0 heterocycles. The maximum Gasteiger partial charge on any atom is 0.337 e. The molecule has 1 aromatic carbocycles. The van der Waals surface area contributed by atoms with Crippen LogP contribution >= 0.6 is 67.8 Å². The van der Waals surface area contributed by atoms with Crippen molar-refractivity contribution in [1.82, 2.24) is 0 Å². The first-order valence-corrected chi connectivity index (χ1v) is 8.53. The van der Waals surface area contributed by atoms with Crippen LogP contribution in [0.1, 0.15) is 27.1 Å². The average molecular weight is 631 g/mol. The Balaban J connectivity index is 3.60. The molecule has 1 aromatic rings. The number of carboxylic acids is 2. The largest absolute Gasteiger partial charge is 0.478 e. The molecule has 1 amide bonds. The second-order valence-corrected chi connectivity index (χ2v) is 6.94. The van der Waals surface area contributed by atoms with E-state index in [-0.39, 0.29) is 40.6 Å². The first-order valence-electron chi connectivity index (χ1n) is 5.30. The topological polar surface area (TPSA) is 124 Å². The minimum absolute atomic E-state index is 0.0987. The number of aliphatic hydroxyl groups excluding tert-OH is 1. The fourth-order valence-electron chi connectivity index (χ4n) is 1.45. The van der Waals surface area contributed by atoms with Crippen molar-refractivity contribution in [1.29, 1.82) is 0 Å². The van der Waals surface area contributed by atoms with Gasteiger partial charge >= 0.3 is 11.9 Å². The molecule has 0 fully saturated rings. The van der Waals surface area contributed by atoms with Gasteiger partial charge in [-0.3, -0.25) is 4.79 Å². The van der Waals surface area contributed by atoms with E-state index in [4.69, 9.17) is 5.11 Å². The van der Waals surface area contributed by atoms with E-state index in [1.54, 1.807) is 67.8 Å². The zero-order chi connectivity index (χ0) is 16.3. The van der Waals surface area contributed by atoms with Gasteiger partial charge < -0.3 is 20.6 Å². The van der Waals surface area contributed by atoms with Crippen LogP contribution in [-0.2, 0) is 4.79 Å². The summed E-state index contributed by atoms with van der Waals surface area (Å²) in [7, 11) is 0. The number of aromatic carboxylic acids is 2. The van der Waals surface area contributed by atoms with Gasteiger partial charge in [-0.15, -0.1) is 0 Å². The minimum atomic E-state index is -1.28. The smallest absolute Gasteiger partial charge is 0.337 e. The average Bonchev–Trinajstić information content (AvgIpc) is 2.33. The van der Waals surface area contributed by atoms with Crippen LogP contribution in [0.4, 0.5) is 5.69 Å². The molecule has 0 saturated carbocycles. The van der Waals surface area contributed by atoms with Gasteiger partial charge in [0.25, 0.3) is 0 Å². The Hall–Kier alpha value is -0.220. The SMILES string of the molecule is O=C(CCO)Nc1c(I)c(C(=O)O)c(I)c(C(=O)O)c1I. The molecule has 0 unspecified atom stereocenters. The number of anilines is 1. The van der Waals surface area contributed by atoms with Crippen LogP contribution < -0.4 is 5.32 Å². The zero-order valence-electron chi connectivity index (χ0n) is 10.1.